The van der Waals surface area contributed by atoms with Crippen LogP contribution in [0.15, 0.2) is 248 Å². The van der Waals surface area contributed by atoms with E-state index in [-0.39, 0.29) is 5.41 Å². The van der Waals surface area contributed by atoms with Crippen molar-refractivity contribution in [2.24, 2.45) is 0 Å². The van der Waals surface area contributed by atoms with Crippen LogP contribution in [0.25, 0.3) is 43.9 Å². The second-order valence-corrected chi connectivity index (χ2v) is 19.2. The molecule has 2 heteroatoms. The van der Waals surface area contributed by atoms with Gasteiger partial charge in [-0.15, -0.1) is 0 Å². The molecule has 12 rings (SSSR count). The monoisotopic (exact) mass is 861 g/mol. The van der Waals surface area contributed by atoms with Gasteiger partial charge in [0.2, 0.25) is 0 Å². The van der Waals surface area contributed by atoms with Gasteiger partial charge in [0.15, 0.2) is 0 Å². The summed E-state index contributed by atoms with van der Waals surface area (Å²) in [6.07, 6.45) is 6.58. The maximum atomic E-state index is 4.61. The maximum absolute atomic E-state index is 4.61. The molecule has 66 heavy (non-hydrogen) atoms. The molecule has 314 valence electrons. The first kappa shape index (κ1) is 39.9. The summed E-state index contributed by atoms with van der Waals surface area (Å²) in [7, 11) is 0. The minimum absolute atomic E-state index is 0.117. The molecule has 2 aliphatic carbocycles. The van der Waals surface area contributed by atoms with E-state index >= 15 is 0 Å². The highest BCUT2D eigenvalue weighted by atomic mass is 32.2. The lowest BCUT2D eigenvalue weighted by Crippen LogP contribution is -2.28. The Kier molecular flexibility index (Phi) is 9.55. The van der Waals surface area contributed by atoms with E-state index in [9.17, 15) is 0 Å². The minimum atomic E-state index is -0.479. The van der Waals surface area contributed by atoms with Gasteiger partial charge >= 0.3 is 0 Å². The molecule has 1 heterocycles. The van der Waals surface area contributed by atoms with Crippen molar-refractivity contribution in [1.29, 1.82) is 0 Å². The van der Waals surface area contributed by atoms with Crippen LogP contribution < -0.4 is 4.90 Å². The van der Waals surface area contributed by atoms with Crippen LogP contribution in [0, 0.1) is 0 Å². The van der Waals surface area contributed by atoms with Crippen LogP contribution in [-0.4, -0.2) is 0 Å². The van der Waals surface area contributed by atoms with E-state index in [1.54, 1.807) is 0 Å². The smallest absolute Gasteiger partial charge is 0.0713 e. The highest BCUT2D eigenvalue weighted by Crippen LogP contribution is 2.60. The van der Waals surface area contributed by atoms with Crippen molar-refractivity contribution in [2.75, 3.05) is 4.90 Å². The second-order valence-electron chi connectivity index (χ2n) is 18.1. The van der Waals surface area contributed by atoms with Gasteiger partial charge in [-0.05, 0) is 120 Å². The number of anilines is 3. The number of allylic oxidation sites excluding steroid dienone is 4. The summed E-state index contributed by atoms with van der Waals surface area (Å²) < 4.78 is 0. The predicted molar refractivity (Wildman–Crippen MR) is 280 cm³/mol. The van der Waals surface area contributed by atoms with Gasteiger partial charge in [0.05, 0.1) is 5.41 Å². The molecule has 0 atom stereocenters. The zero-order valence-electron chi connectivity index (χ0n) is 37.1. The normalized spacial score (nSPS) is 16.0. The first-order valence-electron chi connectivity index (χ1n) is 22.9. The zero-order valence-corrected chi connectivity index (χ0v) is 37.9. The molecule has 0 radical (unpaired) electrons. The molecule has 1 aliphatic heterocycles. The number of fused-ring (bicyclic) bond motifs is 8. The fraction of sp³-hybridized carbons (Fsp3) is 0.0625. The first-order valence-corrected chi connectivity index (χ1v) is 23.7. The van der Waals surface area contributed by atoms with E-state index in [0.717, 1.165) is 33.8 Å². The molecular weight excluding hydrogens is 815 g/mol. The van der Waals surface area contributed by atoms with Crippen LogP contribution in [0.3, 0.4) is 0 Å². The number of rotatable bonds is 7. The van der Waals surface area contributed by atoms with Crippen LogP contribution in [0.2, 0.25) is 0 Å². The number of thioether (sulfide) groups is 1. The molecule has 9 aromatic rings. The van der Waals surface area contributed by atoms with E-state index in [1.807, 2.05) is 11.8 Å². The molecule has 0 bridgehead atoms. The van der Waals surface area contributed by atoms with Crippen LogP contribution >= 0.6 is 11.8 Å². The first-order chi connectivity index (χ1) is 32.4. The van der Waals surface area contributed by atoms with E-state index in [0.29, 0.717) is 0 Å². The van der Waals surface area contributed by atoms with Gasteiger partial charge in [-0.2, -0.15) is 0 Å². The van der Waals surface area contributed by atoms with Gasteiger partial charge in [-0.3, -0.25) is 0 Å². The molecule has 9 aromatic carbocycles. The highest BCUT2D eigenvalue weighted by molar-refractivity contribution is 8.08. The Balaban J connectivity index is 0.971. The minimum Gasteiger partial charge on any atom is -0.310 e. The lowest BCUT2D eigenvalue weighted by molar-refractivity contribution is 0.660. The topological polar surface area (TPSA) is 3.24 Å². The maximum Gasteiger partial charge on any atom is 0.0713 e. The Morgan fingerprint density at radius 2 is 0.939 bits per heavy atom. The van der Waals surface area contributed by atoms with Crippen molar-refractivity contribution in [3.05, 3.63) is 288 Å². The van der Waals surface area contributed by atoms with E-state index < -0.39 is 5.41 Å². The fourth-order valence-electron chi connectivity index (χ4n) is 11.0. The van der Waals surface area contributed by atoms with E-state index in [1.165, 1.54) is 76.6 Å². The summed E-state index contributed by atoms with van der Waals surface area (Å²) in [5.41, 5.74) is 21.6. The third-order valence-electron chi connectivity index (χ3n) is 14.1. The lowest BCUT2D eigenvalue weighted by atomic mass is 9.67. The molecule has 0 saturated carbocycles. The quantitative estimate of drug-likeness (QED) is 0.157. The largest absolute Gasteiger partial charge is 0.310 e. The standard InChI is InChI=1S/C64H47NS/c1-43-18-17-29-60(66-62-52(43)40-41-58-61(62)55-26-14-16-28-57(55)64(58,47-21-9-5-10-22-47)48-23-11-6-12-24-48)46-32-36-50(37-33-46)65(49-34-30-45(31-35-49)44-19-7-4-8-20-44)51-38-39-54-53-25-13-15-27-56(53)63(2,3)59(54)42-51/h4-42H,1H2,2-3H3/b18-17-,60-29-. The third-order valence-corrected chi connectivity index (χ3v) is 15.4. The molecule has 1 nitrogen and oxygen atoms in total. The van der Waals surface area contributed by atoms with Crippen LogP contribution in [0.1, 0.15) is 58.4 Å². The van der Waals surface area contributed by atoms with Crippen molar-refractivity contribution < 1.29 is 0 Å². The molecule has 0 aromatic heterocycles. The SMILES string of the molecule is C=C1/C=C\C=C(\c2ccc(N(c3ccc(-c4ccccc4)cc3)c3ccc4c(c3)C(C)(C)c3ccccc3-4)cc2)Sc2c1ccc1c2-c2ccccc2C1(c1ccccc1)c1ccccc1. The summed E-state index contributed by atoms with van der Waals surface area (Å²) in [6, 6.07) is 80.5. The number of nitrogens with zero attached hydrogens (tertiary/aromatic N) is 1. The zero-order chi connectivity index (χ0) is 44.4. The molecule has 0 unspecified atom stereocenters. The van der Waals surface area contributed by atoms with Gasteiger partial charge in [-0.1, -0.05) is 226 Å². The van der Waals surface area contributed by atoms with E-state index in [4.69, 9.17) is 0 Å². The van der Waals surface area contributed by atoms with Gasteiger partial charge in [0.1, 0.15) is 0 Å². The molecule has 3 aliphatic rings. The Hall–Kier alpha value is -7.65. The van der Waals surface area contributed by atoms with Crippen LogP contribution in [-0.2, 0) is 10.8 Å². The lowest BCUT2D eigenvalue weighted by Gasteiger charge is -2.34. The Morgan fingerprint density at radius 1 is 0.424 bits per heavy atom. The van der Waals surface area contributed by atoms with Gasteiger partial charge in [0.25, 0.3) is 0 Å². The molecule has 0 spiro atoms. The molecule has 0 amide bonds. The average molecular weight is 862 g/mol. The summed E-state index contributed by atoms with van der Waals surface area (Å²) in [6.45, 7) is 9.32. The number of benzene rings is 9. The van der Waals surface area contributed by atoms with Crippen molar-refractivity contribution in [3.63, 3.8) is 0 Å². The van der Waals surface area contributed by atoms with Crippen molar-refractivity contribution >= 4 is 39.3 Å². The molecule has 0 N–H and O–H groups in total. The third kappa shape index (κ3) is 6.24. The summed E-state index contributed by atoms with van der Waals surface area (Å²) in [4.78, 5) is 4.83. The molecular formula is C64H47NS. The van der Waals surface area contributed by atoms with Crippen LogP contribution in [0.5, 0.6) is 0 Å². The predicted octanol–water partition coefficient (Wildman–Crippen LogP) is 17.2. The van der Waals surface area contributed by atoms with E-state index in [2.05, 4.69) is 262 Å². The second kappa shape index (κ2) is 15.8. The number of hydrogen-bond acceptors (Lipinski definition) is 2. The van der Waals surface area contributed by atoms with Crippen LogP contribution in [0.4, 0.5) is 17.1 Å². The van der Waals surface area contributed by atoms with Gasteiger partial charge < -0.3 is 4.90 Å². The van der Waals surface area contributed by atoms with Crippen molar-refractivity contribution in [1.82, 2.24) is 0 Å². The Morgan fingerprint density at radius 3 is 1.61 bits per heavy atom. The summed E-state index contributed by atoms with van der Waals surface area (Å²) in [5, 5.41) is 0. The average Bonchev–Trinajstić information content (AvgIpc) is 3.80. The Labute approximate surface area is 392 Å². The highest BCUT2D eigenvalue weighted by Gasteiger charge is 2.47. The van der Waals surface area contributed by atoms with Crippen molar-refractivity contribution in [3.8, 4) is 33.4 Å². The van der Waals surface area contributed by atoms with Gasteiger partial charge in [0, 0.05) is 37.8 Å². The molecule has 0 fully saturated rings. The summed E-state index contributed by atoms with van der Waals surface area (Å²) in [5.74, 6) is 0. The Bertz CT molecular complexity index is 3360. The van der Waals surface area contributed by atoms with Crippen molar-refractivity contribution in [2.45, 2.75) is 29.6 Å². The molecule has 0 saturated heterocycles. The number of hydrogen-bond donors (Lipinski definition) is 0. The van der Waals surface area contributed by atoms with Gasteiger partial charge in [-0.25, -0.2) is 0 Å². The fourth-order valence-corrected chi connectivity index (χ4v) is 12.2. The summed E-state index contributed by atoms with van der Waals surface area (Å²) >= 11 is 1.86.